The van der Waals surface area contributed by atoms with Gasteiger partial charge in [0.25, 0.3) is 5.91 Å². The zero-order valence-corrected chi connectivity index (χ0v) is 17.3. The van der Waals surface area contributed by atoms with Gasteiger partial charge in [-0.2, -0.15) is 0 Å². The quantitative estimate of drug-likeness (QED) is 0.322. The molecule has 8 heteroatoms. The molecule has 0 spiro atoms. The third-order valence-corrected chi connectivity index (χ3v) is 4.72. The van der Waals surface area contributed by atoms with Crippen molar-refractivity contribution < 1.29 is 14.3 Å². The Labute approximate surface area is 170 Å². The topological polar surface area (TPSA) is 84.0 Å². The van der Waals surface area contributed by atoms with Crippen molar-refractivity contribution in [3.05, 3.63) is 46.7 Å². The molecular formula is C20H28N4O3S. The molecule has 2 rings (SSSR count). The van der Waals surface area contributed by atoms with Crippen LogP contribution >= 0.6 is 11.3 Å². The van der Waals surface area contributed by atoms with Crippen molar-refractivity contribution in [1.29, 1.82) is 0 Å². The van der Waals surface area contributed by atoms with Gasteiger partial charge in [0.1, 0.15) is 6.10 Å². The molecule has 1 atom stereocenters. The molecule has 0 radical (unpaired) electrons. The number of benzene rings is 1. The van der Waals surface area contributed by atoms with E-state index in [1.165, 1.54) is 11.3 Å². The molecule has 0 fully saturated rings. The molecule has 7 nitrogen and oxygen atoms in total. The van der Waals surface area contributed by atoms with E-state index in [1.807, 2.05) is 48.7 Å². The van der Waals surface area contributed by atoms with Gasteiger partial charge < -0.3 is 25.4 Å². The number of aliphatic imine (C=N–C) groups is 1. The van der Waals surface area contributed by atoms with E-state index in [0.29, 0.717) is 37.1 Å². The molecule has 152 valence electrons. The number of thiophene rings is 1. The summed E-state index contributed by atoms with van der Waals surface area (Å²) in [5.41, 5.74) is 0. The lowest BCUT2D eigenvalue weighted by atomic mass is 10.3. The number of para-hydroxylation sites is 2. The summed E-state index contributed by atoms with van der Waals surface area (Å²) < 4.78 is 11.2. The van der Waals surface area contributed by atoms with Gasteiger partial charge >= 0.3 is 0 Å². The van der Waals surface area contributed by atoms with E-state index in [-0.39, 0.29) is 12.0 Å². The standard InChI is InChI=1S/C20H28N4O3S/c1-15(27-17-9-5-4-8-16(17)26-3)14-24-20(21-2)23-12-7-11-22-19(25)18-10-6-13-28-18/h4-6,8-10,13,15H,7,11-12,14H2,1-3H3,(H,22,25)(H2,21,23,24). The molecule has 0 saturated heterocycles. The van der Waals surface area contributed by atoms with E-state index in [2.05, 4.69) is 20.9 Å². The van der Waals surface area contributed by atoms with Gasteiger partial charge in [0.05, 0.1) is 18.5 Å². The van der Waals surface area contributed by atoms with Crippen molar-refractivity contribution in [2.75, 3.05) is 33.8 Å². The van der Waals surface area contributed by atoms with Crippen molar-refractivity contribution in [2.45, 2.75) is 19.4 Å². The smallest absolute Gasteiger partial charge is 0.261 e. The fourth-order valence-corrected chi connectivity index (χ4v) is 3.07. The van der Waals surface area contributed by atoms with Crippen LogP contribution in [0.1, 0.15) is 23.0 Å². The maximum Gasteiger partial charge on any atom is 0.261 e. The molecule has 1 heterocycles. The molecule has 0 aliphatic carbocycles. The van der Waals surface area contributed by atoms with Crippen LogP contribution < -0.4 is 25.4 Å². The Bertz CT molecular complexity index is 750. The molecule has 1 aromatic heterocycles. The van der Waals surface area contributed by atoms with E-state index in [0.717, 1.165) is 11.3 Å². The van der Waals surface area contributed by atoms with Gasteiger partial charge in [-0.3, -0.25) is 9.79 Å². The number of guanidine groups is 1. The van der Waals surface area contributed by atoms with Crippen LogP contribution in [0.25, 0.3) is 0 Å². The molecule has 1 amide bonds. The number of ether oxygens (including phenoxy) is 2. The lowest BCUT2D eigenvalue weighted by molar-refractivity contribution is 0.0957. The number of nitrogens with one attached hydrogen (secondary N) is 3. The minimum Gasteiger partial charge on any atom is -0.493 e. The molecule has 0 aliphatic rings. The molecule has 0 saturated carbocycles. The molecule has 3 N–H and O–H groups in total. The minimum absolute atomic E-state index is 0.0279. The Hall–Kier alpha value is -2.74. The maximum atomic E-state index is 11.9. The second kappa shape index (κ2) is 11.9. The maximum absolute atomic E-state index is 11.9. The zero-order chi connectivity index (χ0) is 20.2. The summed E-state index contributed by atoms with van der Waals surface area (Å²) in [7, 11) is 3.35. The second-order valence-corrected chi connectivity index (χ2v) is 6.99. The highest BCUT2D eigenvalue weighted by atomic mass is 32.1. The fourth-order valence-electron chi connectivity index (χ4n) is 2.43. The van der Waals surface area contributed by atoms with E-state index in [4.69, 9.17) is 9.47 Å². The van der Waals surface area contributed by atoms with Gasteiger partial charge in [-0.15, -0.1) is 11.3 Å². The molecule has 0 bridgehead atoms. The molecule has 1 unspecified atom stereocenters. The molecule has 2 aromatic rings. The Morgan fingerprint density at radius 3 is 2.54 bits per heavy atom. The van der Waals surface area contributed by atoms with E-state index in [1.54, 1.807) is 14.2 Å². The van der Waals surface area contributed by atoms with Crippen molar-refractivity contribution in [3.8, 4) is 11.5 Å². The lowest BCUT2D eigenvalue weighted by Crippen LogP contribution is -2.42. The second-order valence-electron chi connectivity index (χ2n) is 6.05. The summed E-state index contributed by atoms with van der Waals surface area (Å²) in [6.07, 6.45) is 0.727. The van der Waals surface area contributed by atoms with Gasteiger partial charge in [0, 0.05) is 20.1 Å². The zero-order valence-electron chi connectivity index (χ0n) is 16.5. The van der Waals surface area contributed by atoms with Crippen molar-refractivity contribution in [3.63, 3.8) is 0 Å². The van der Waals surface area contributed by atoms with E-state index in [9.17, 15) is 4.79 Å². The number of carbonyl (C=O) groups is 1. The summed E-state index contributed by atoms with van der Waals surface area (Å²) in [5.74, 6) is 2.09. The Kier molecular flexibility index (Phi) is 9.14. The first-order chi connectivity index (χ1) is 13.6. The Morgan fingerprint density at radius 1 is 1.11 bits per heavy atom. The number of nitrogens with zero attached hydrogens (tertiary/aromatic N) is 1. The normalized spacial score (nSPS) is 12.2. The van der Waals surface area contributed by atoms with Crippen LogP contribution in [0.2, 0.25) is 0 Å². The highest BCUT2D eigenvalue weighted by Crippen LogP contribution is 2.26. The first-order valence-corrected chi connectivity index (χ1v) is 10.1. The average Bonchev–Trinajstić information content (AvgIpc) is 3.25. The molecule has 28 heavy (non-hydrogen) atoms. The molecule has 1 aromatic carbocycles. The van der Waals surface area contributed by atoms with Crippen LogP contribution in [0.4, 0.5) is 0 Å². The third kappa shape index (κ3) is 7.11. The van der Waals surface area contributed by atoms with Crippen molar-refractivity contribution >= 4 is 23.2 Å². The summed E-state index contributed by atoms with van der Waals surface area (Å²) in [6, 6.07) is 11.3. The van der Waals surface area contributed by atoms with Crippen LogP contribution in [-0.2, 0) is 0 Å². The first kappa shape index (κ1) is 21.6. The minimum atomic E-state index is -0.0695. The molecular weight excluding hydrogens is 376 g/mol. The number of hydrogen-bond donors (Lipinski definition) is 3. The fraction of sp³-hybridized carbons (Fsp3) is 0.400. The summed E-state index contributed by atoms with van der Waals surface area (Å²) in [4.78, 5) is 16.8. The van der Waals surface area contributed by atoms with Crippen LogP contribution in [0.3, 0.4) is 0 Å². The summed E-state index contributed by atoms with van der Waals surface area (Å²) >= 11 is 1.44. The van der Waals surface area contributed by atoms with Gasteiger partial charge in [-0.25, -0.2) is 0 Å². The van der Waals surface area contributed by atoms with Gasteiger partial charge in [0.2, 0.25) is 0 Å². The predicted octanol–water partition coefficient (Wildman–Crippen LogP) is 2.51. The third-order valence-electron chi connectivity index (χ3n) is 3.85. The summed E-state index contributed by atoms with van der Waals surface area (Å²) in [6.45, 7) is 3.87. The number of methoxy groups -OCH3 is 1. The Morgan fingerprint density at radius 2 is 1.86 bits per heavy atom. The van der Waals surface area contributed by atoms with Crippen LogP contribution in [0.5, 0.6) is 11.5 Å². The van der Waals surface area contributed by atoms with Crippen molar-refractivity contribution in [2.24, 2.45) is 4.99 Å². The lowest BCUT2D eigenvalue weighted by Gasteiger charge is -2.19. The number of hydrogen-bond acceptors (Lipinski definition) is 5. The van der Waals surface area contributed by atoms with Gasteiger partial charge in [0.15, 0.2) is 17.5 Å². The van der Waals surface area contributed by atoms with Crippen molar-refractivity contribution in [1.82, 2.24) is 16.0 Å². The van der Waals surface area contributed by atoms with E-state index >= 15 is 0 Å². The SMILES string of the molecule is CN=C(NCCCNC(=O)c1cccs1)NCC(C)Oc1ccccc1OC. The van der Waals surface area contributed by atoms with Crippen LogP contribution in [0, 0.1) is 0 Å². The van der Waals surface area contributed by atoms with Crippen LogP contribution in [0.15, 0.2) is 46.8 Å². The van der Waals surface area contributed by atoms with Gasteiger partial charge in [-0.05, 0) is 36.9 Å². The number of amides is 1. The molecule has 0 aliphatic heterocycles. The highest BCUT2D eigenvalue weighted by molar-refractivity contribution is 7.12. The van der Waals surface area contributed by atoms with Gasteiger partial charge in [-0.1, -0.05) is 18.2 Å². The van der Waals surface area contributed by atoms with Crippen LogP contribution in [-0.4, -0.2) is 51.8 Å². The van der Waals surface area contributed by atoms with E-state index < -0.39 is 0 Å². The average molecular weight is 405 g/mol. The summed E-state index contributed by atoms with van der Waals surface area (Å²) in [5, 5.41) is 11.3. The number of carbonyl (C=O) groups excluding carboxylic acids is 1. The predicted molar refractivity (Wildman–Crippen MR) is 114 cm³/mol. The monoisotopic (exact) mass is 404 g/mol. The largest absolute Gasteiger partial charge is 0.493 e. The Balaban J connectivity index is 1.63. The first-order valence-electron chi connectivity index (χ1n) is 9.20. The number of rotatable bonds is 10. The highest BCUT2D eigenvalue weighted by Gasteiger charge is 2.09.